The van der Waals surface area contributed by atoms with Crippen LogP contribution >= 0.6 is 11.6 Å². The van der Waals surface area contributed by atoms with E-state index in [4.69, 9.17) is 11.6 Å². The maximum atomic E-state index is 12.8. The molecule has 0 atom stereocenters. The van der Waals surface area contributed by atoms with Crippen molar-refractivity contribution < 1.29 is 14.8 Å². The number of phenolic OH excluding ortho intramolecular Hbond substituents is 1. The van der Waals surface area contributed by atoms with Crippen molar-refractivity contribution in [2.75, 3.05) is 0 Å². The summed E-state index contributed by atoms with van der Waals surface area (Å²) in [5.41, 5.74) is 2.08. The first kappa shape index (κ1) is 18.6. The Bertz CT molecular complexity index is 1280. The zero-order chi connectivity index (χ0) is 20.7. The topological polar surface area (TPSA) is 111 Å². The van der Waals surface area contributed by atoms with Gasteiger partial charge in [-0.3, -0.25) is 14.9 Å². The third kappa shape index (κ3) is 3.30. The van der Waals surface area contributed by atoms with Crippen molar-refractivity contribution in [2.45, 2.75) is 6.92 Å². The number of hydrogen-bond acceptors (Lipinski definition) is 6. The van der Waals surface area contributed by atoms with Crippen LogP contribution in [0.15, 0.2) is 54.7 Å². The second-order valence-corrected chi connectivity index (χ2v) is 6.79. The molecule has 0 aliphatic carbocycles. The molecule has 0 aliphatic heterocycles. The van der Waals surface area contributed by atoms with Crippen LogP contribution in [0.4, 0.5) is 5.69 Å². The number of hydrogen-bond donors (Lipinski definition) is 1. The number of nitro benzene ring substituents is 1. The second-order valence-electron chi connectivity index (χ2n) is 6.36. The van der Waals surface area contributed by atoms with Crippen molar-refractivity contribution in [1.82, 2.24) is 14.8 Å². The van der Waals surface area contributed by atoms with Crippen LogP contribution in [0, 0.1) is 17.0 Å². The lowest BCUT2D eigenvalue weighted by atomic mass is 10.0. The minimum Gasteiger partial charge on any atom is -0.507 e. The summed E-state index contributed by atoms with van der Waals surface area (Å²) in [4.78, 5) is 27.5. The van der Waals surface area contributed by atoms with Gasteiger partial charge in [0.25, 0.3) is 5.69 Å². The van der Waals surface area contributed by atoms with Gasteiger partial charge in [0, 0.05) is 34.3 Å². The minimum absolute atomic E-state index is 0.0240. The molecular weight excluding hydrogens is 396 g/mol. The average Bonchev–Trinajstić information content (AvgIpc) is 3.05. The fraction of sp³-hybridized carbons (Fsp3) is 0.0500. The number of phenols is 1. The summed E-state index contributed by atoms with van der Waals surface area (Å²) in [6.07, 6.45) is 1.40. The summed E-state index contributed by atoms with van der Waals surface area (Å²) in [5, 5.41) is 26.3. The van der Waals surface area contributed by atoms with E-state index in [0.717, 1.165) is 0 Å². The van der Waals surface area contributed by atoms with E-state index in [1.807, 2.05) is 0 Å². The van der Waals surface area contributed by atoms with E-state index in [0.29, 0.717) is 27.4 Å². The highest BCUT2D eigenvalue weighted by atomic mass is 35.5. The number of aryl methyl sites for hydroxylation is 1. The average molecular weight is 409 g/mol. The maximum absolute atomic E-state index is 12.8. The molecule has 144 valence electrons. The number of rotatable bonds is 4. The SMILES string of the molecule is Cc1nn(-c2ccc([N+](=O)[O-])cc2)c2ncc(C(=O)c3cc(Cl)ccc3O)cc12. The highest BCUT2D eigenvalue weighted by Crippen LogP contribution is 2.27. The summed E-state index contributed by atoms with van der Waals surface area (Å²) >= 11 is 5.94. The molecule has 2 heterocycles. The van der Waals surface area contributed by atoms with Gasteiger partial charge in [-0.25, -0.2) is 9.67 Å². The fourth-order valence-corrected chi connectivity index (χ4v) is 3.18. The van der Waals surface area contributed by atoms with Gasteiger partial charge in [-0.1, -0.05) is 11.6 Å². The number of pyridine rings is 1. The van der Waals surface area contributed by atoms with Crippen LogP contribution < -0.4 is 0 Å². The third-order valence-corrected chi connectivity index (χ3v) is 4.71. The molecule has 0 amide bonds. The zero-order valence-electron chi connectivity index (χ0n) is 15.0. The predicted octanol–water partition coefficient (Wildman–Crippen LogP) is 4.23. The van der Waals surface area contributed by atoms with Crippen LogP contribution in [0.2, 0.25) is 5.02 Å². The fourth-order valence-electron chi connectivity index (χ4n) is 3.01. The lowest BCUT2D eigenvalue weighted by Gasteiger charge is -2.06. The van der Waals surface area contributed by atoms with Crippen molar-refractivity contribution >= 4 is 34.1 Å². The molecule has 4 aromatic rings. The first-order valence-electron chi connectivity index (χ1n) is 8.48. The van der Waals surface area contributed by atoms with Crippen molar-refractivity contribution in [2.24, 2.45) is 0 Å². The molecule has 2 aromatic heterocycles. The number of aromatic hydroxyl groups is 1. The Morgan fingerprint density at radius 3 is 2.59 bits per heavy atom. The molecule has 0 radical (unpaired) electrons. The van der Waals surface area contributed by atoms with E-state index in [1.165, 1.54) is 36.5 Å². The number of carbonyl (C=O) groups excluding carboxylic acids is 1. The van der Waals surface area contributed by atoms with Crippen molar-refractivity contribution in [3.8, 4) is 11.4 Å². The van der Waals surface area contributed by atoms with Crippen LogP contribution in [-0.4, -0.2) is 30.6 Å². The molecule has 0 saturated heterocycles. The Morgan fingerprint density at radius 2 is 1.90 bits per heavy atom. The first-order chi connectivity index (χ1) is 13.8. The Labute approximate surface area is 169 Å². The standard InChI is InChI=1S/C20H13ClN4O4/c1-11-16-8-12(19(27)17-9-13(21)2-7-18(17)26)10-22-20(16)24(23-11)14-3-5-15(6-4-14)25(28)29/h2-10,26H,1H3. The molecule has 9 heteroatoms. The minimum atomic E-state index is -0.475. The van der Waals surface area contributed by atoms with E-state index in [-0.39, 0.29) is 22.6 Å². The van der Waals surface area contributed by atoms with Gasteiger partial charge in [0.05, 0.1) is 21.9 Å². The number of carbonyl (C=O) groups is 1. The van der Waals surface area contributed by atoms with Gasteiger partial charge in [0.15, 0.2) is 11.4 Å². The quantitative estimate of drug-likeness (QED) is 0.307. The highest BCUT2D eigenvalue weighted by molar-refractivity contribution is 6.31. The summed E-state index contributed by atoms with van der Waals surface area (Å²) in [6, 6.07) is 11.8. The van der Waals surface area contributed by atoms with Gasteiger partial charge < -0.3 is 5.11 Å². The van der Waals surface area contributed by atoms with Crippen molar-refractivity contribution in [3.05, 3.63) is 86.7 Å². The van der Waals surface area contributed by atoms with Crippen LogP contribution in [0.1, 0.15) is 21.6 Å². The number of nitro groups is 1. The predicted molar refractivity (Wildman–Crippen MR) is 107 cm³/mol. The molecule has 0 unspecified atom stereocenters. The van der Waals surface area contributed by atoms with Gasteiger partial charge in [0.1, 0.15) is 5.75 Å². The van der Waals surface area contributed by atoms with Gasteiger partial charge in [-0.2, -0.15) is 5.10 Å². The molecule has 0 fully saturated rings. The van der Waals surface area contributed by atoms with Crippen LogP contribution in [0.5, 0.6) is 5.75 Å². The number of benzene rings is 2. The van der Waals surface area contributed by atoms with Crippen LogP contribution in [0.25, 0.3) is 16.7 Å². The summed E-state index contributed by atoms with van der Waals surface area (Å²) in [6.45, 7) is 1.77. The van der Waals surface area contributed by atoms with Gasteiger partial charge >= 0.3 is 0 Å². The molecular formula is C20H13ClN4O4. The number of ketones is 1. The molecule has 0 aliphatic rings. The Kier molecular flexibility index (Phi) is 4.48. The lowest BCUT2D eigenvalue weighted by Crippen LogP contribution is -2.03. The van der Waals surface area contributed by atoms with Crippen LogP contribution in [-0.2, 0) is 0 Å². The number of nitrogens with zero attached hydrogens (tertiary/aromatic N) is 4. The lowest BCUT2D eigenvalue weighted by molar-refractivity contribution is -0.384. The summed E-state index contributed by atoms with van der Waals surface area (Å²) in [5.74, 6) is -0.584. The number of non-ortho nitro benzene ring substituents is 1. The monoisotopic (exact) mass is 408 g/mol. The van der Waals surface area contributed by atoms with E-state index in [2.05, 4.69) is 10.1 Å². The molecule has 0 bridgehead atoms. The Hall–Kier alpha value is -3.78. The number of halogens is 1. The molecule has 29 heavy (non-hydrogen) atoms. The van der Waals surface area contributed by atoms with Gasteiger partial charge in [-0.15, -0.1) is 0 Å². The maximum Gasteiger partial charge on any atom is 0.269 e. The molecule has 0 saturated carbocycles. The van der Waals surface area contributed by atoms with Gasteiger partial charge in [0.2, 0.25) is 0 Å². The largest absolute Gasteiger partial charge is 0.507 e. The molecule has 1 N–H and O–H groups in total. The molecule has 0 spiro atoms. The van der Waals surface area contributed by atoms with E-state index < -0.39 is 10.7 Å². The van der Waals surface area contributed by atoms with E-state index >= 15 is 0 Å². The van der Waals surface area contributed by atoms with Gasteiger partial charge in [-0.05, 0) is 43.3 Å². The highest BCUT2D eigenvalue weighted by Gasteiger charge is 2.18. The Balaban J connectivity index is 1.78. The molecule has 2 aromatic carbocycles. The second kappa shape index (κ2) is 6.99. The summed E-state index contributed by atoms with van der Waals surface area (Å²) in [7, 11) is 0. The Morgan fingerprint density at radius 1 is 1.17 bits per heavy atom. The van der Waals surface area contributed by atoms with E-state index in [9.17, 15) is 20.0 Å². The number of fused-ring (bicyclic) bond motifs is 1. The smallest absolute Gasteiger partial charge is 0.269 e. The van der Waals surface area contributed by atoms with Crippen molar-refractivity contribution in [3.63, 3.8) is 0 Å². The van der Waals surface area contributed by atoms with E-state index in [1.54, 1.807) is 29.8 Å². The normalized spacial score (nSPS) is 11.0. The zero-order valence-corrected chi connectivity index (χ0v) is 15.8. The first-order valence-corrected chi connectivity index (χ1v) is 8.86. The molecule has 4 rings (SSSR count). The van der Waals surface area contributed by atoms with Crippen LogP contribution in [0.3, 0.4) is 0 Å². The third-order valence-electron chi connectivity index (χ3n) is 4.48. The van der Waals surface area contributed by atoms with Crippen molar-refractivity contribution in [1.29, 1.82) is 0 Å². The molecule has 8 nitrogen and oxygen atoms in total. The number of aromatic nitrogens is 3. The summed E-state index contributed by atoms with van der Waals surface area (Å²) < 4.78 is 1.56.